The fourth-order valence-electron chi connectivity index (χ4n) is 1.46. The third kappa shape index (κ3) is 4.55. The second-order valence-corrected chi connectivity index (χ2v) is 4.19. The maximum Gasteiger partial charge on any atom is 0.146 e. The van der Waals surface area contributed by atoms with Crippen molar-refractivity contribution in [3.8, 4) is 0 Å². The van der Waals surface area contributed by atoms with Crippen molar-refractivity contribution in [3.63, 3.8) is 0 Å². The Morgan fingerprint density at radius 1 is 1.38 bits per heavy atom. The molecule has 2 atom stereocenters. The van der Waals surface area contributed by atoms with Crippen LogP contribution in [0.1, 0.15) is 19.4 Å². The highest BCUT2D eigenvalue weighted by Crippen LogP contribution is 2.01. The molecule has 0 unspecified atom stereocenters. The van der Waals surface area contributed by atoms with Crippen LogP contribution in [0, 0.1) is 0 Å². The summed E-state index contributed by atoms with van der Waals surface area (Å²) in [7, 11) is 0. The Morgan fingerprint density at radius 2 is 2.00 bits per heavy atom. The van der Waals surface area contributed by atoms with Gasteiger partial charge in [0.1, 0.15) is 5.78 Å². The van der Waals surface area contributed by atoms with Crippen LogP contribution in [0.25, 0.3) is 0 Å². The van der Waals surface area contributed by atoms with E-state index in [2.05, 4.69) is 17.4 Å². The first-order valence-electron chi connectivity index (χ1n) is 5.63. The number of benzene rings is 1. The van der Waals surface area contributed by atoms with Gasteiger partial charge in [0.2, 0.25) is 0 Å². The number of ketones is 1. The lowest BCUT2D eigenvalue weighted by atomic mass is 10.1. The summed E-state index contributed by atoms with van der Waals surface area (Å²) in [5, 5.41) is 3.13. The first kappa shape index (κ1) is 12.9. The Morgan fingerprint density at radius 3 is 2.56 bits per heavy atom. The van der Waals surface area contributed by atoms with Gasteiger partial charge in [-0.3, -0.25) is 4.79 Å². The molecule has 0 aliphatic rings. The van der Waals surface area contributed by atoms with E-state index < -0.39 is 0 Å². The van der Waals surface area contributed by atoms with E-state index in [1.807, 2.05) is 25.1 Å². The molecule has 3 N–H and O–H groups in total. The maximum absolute atomic E-state index is 11.0. The van der Waals surface area contributed by atoms with Crippen LogP contribution in [0.2, 0.25) is 0 Å². The number of rotatable bonds is 6. The van der Waals surface area contributed by atoms with E-state index >= 15 is 0 Å². The maximum atomic E-state index is 11.0. The average Bonchev–Trinajstić information content (AvgIpc) is 2.27. The van der Waals surface area contributed by atoms with Gasteiger partial charge in [-0.2, -0.15) is 0 Å². The number of hydrogen-bond acceptors (Lipinski definition) is 3. The predicted octanol–water partition coefficient (Wildman–Crippen LogP) is 1.12. The van der Waals surface area contributed by atoms with Crippen molar-refractivity contribution in [2.45, 2.75) is 32.4 Å². The molecule has 0 amide bonds. The number of nitrogens with two attached hydrogens (primary N) is 1. The first-order chi connectivity index (χ1) is 7.59. The van der Waals surface area contributed by atoms with Gasteiger partial charge in [-0.25, -0.2) is 0 Å². The van der Waals surface area contributed by atoms with E-state index in [4.69, 9.17) is 5.73 Å². The SMILES string of the molecule is CC(=O)[C@H](C)NC[C@@H](N)Cc1ccccc1. The zero-order valence-electron chi connectivity index (χ0n) is 9.94. The molecule has 0 saturated heterocycles. The second kappa shape index (κ2) is 6.40. The molecule has 0 aromatic heterocycles. The third-order valence-corrected chi connectivity index (χ3v) is 2.64. The lowest BCUT2D eigenvalue weighted by molar-refractivity contribution is -0.118. The lowest BCUT2D eigenvalue weighted by Gasteiger charge is -2.15. The van der Waals surface area contributed by atoms with E-state index in [0.717, 1.165) is 6.42 Å². The van der Waals surface area contributed by atoms with E-state index in [1.165, 1.54) is 5.56 Å². The van der Waals surface area contributed by atoms with E-state index in [-0.39, 0.29) is 17.9 Å². The fraction of sp³-hybridized carbons (Fsp3) is 0.462. The molecule has 0 aliphatic carbocycles. The summed E-state index contributed by atoms with van der Waals surface area (Å²) in [6.45, 7) is 4.10. The molecule has 3 nitrogen and oxygen atoms in total. The minimum absolute atomic E-state index is 0.0456. The van der Waals surface area contributed by atoms with E-state index in [9.17, 15) is 4.79 Å². The van der Waals surface area contributed by atoms with Crippen LogP contribution < -0.4 is 11.1 Å². The molecule has 0 spiro atoms. The molecule has 1 aromatic rings. The monoisotopic (exact) mass is 220 g/mol. The van der Waals surface area contributed by atoms with Crippen molar-refractivity contribution >= 4 is 5.78 Å². The van der Waals surface area contributed by atoms with Crippen LogP contribution >= 0.6 is 0 Å². The van der Waals surface area contributed by atoms with Crippen LogP contribution in [-0.4, -0.2) is 24.4 Å². The zero-order chi connectivity index (χ0) is 12.0. The summed E-state index contributed by atoms with van der Waals surface area (Å²) in [6, 6.07) is 10.1. The molecule has 0 heterocycles. The number of Topliss-reactive ketones (excluding diaryl/α,β-unsaturated/α-hetero) is 1. The largest absolute Gasteiger partial charge is 0.326 e. The quantitative estimate of drug-likeness (QED) is 0.755. The predicted molar refractivity (Wildman–Crippen MR) is 66.3 cm³/mol. The highest BCUT2D eigenvalue weighted by molar-refractivity contribution is 5.80. The van der Waals surface area contributed by atoms with Crippen LogP contribution in [0.3, 0.4) is 0 Å². The van der Waals surface area contributed by atoms with Crippen LogP contribution in [-0.2, 0) is 11.2 Å². The Balaban J connectivity index is 2.31. The van der Waals surface area contributed by atoms with E-state index in [1.54, 1.807) is 6.92 Å². The number of carbonyl (C=O) groups excluding carboxylic acids is 1. The summed E-state index contributed by atoms with van der Waals surface area (Å²) >= 11 is 0. The van der Waals surface area contributed by atoms with Gasteiger partial charge in [0.15, 0.2) is 0 Å². The molecule has 0 aliphatic heterocycles. The van der Waals surface area contributed by atoms with Crippen molar-refractivity contribution in [2.75, 3.05) is 6.54 Å². The Hall–Kier alpha value is -1.19. The molecule has 1 aromatic carbocycles. The molecule has 0 radical (unpaired) electrons. The fourth-order valence-corrected chi connectivity index (χ4v) is 1.46. The minimum Gasteiger partial charge on any atom is -0.326 e. The number of carbonyl (C=O) groups is 1. The Bertz CT molecular complexity index is 324. The second-order valence-electron chi connectivity index (χ2n) is 4.19. The van der Waals surface area contributed by atoms with Gasteiger partial charge in [0.25, 0.3) is 0 Å². The van der Waals surface area contributed by atoms with Crippen molar-refractivity contribution < 1.29 is 4.79 Å². The van der Waals surface area contributed by atoms with Crippen LogP contribution in [0.15, 0.2) is 30.3 Å². The molecule has 1 rings (SSSR count). The average molecular weight is 220 g/mol. The Labute approximate surface area is 97.0 Å². The third-order valence-electron chi connectivity index (χ3n) is 2.64. The van der Waals surface area contributed by atoms with Crippen molar-refractivity contribution in [1.82, 2.24) is 5.32 Å². The van der Waals surface area contributed by atoms with Crippen LogP contribution in [0.4, 0.5) is 0 Å². The molecule has 0 fully saturated rings. The number of nitrogens with one attached hydrogen (secondary N) is 1. The van der Waals surface area contributed by atoms with Gasteiger partial charge in [-0.1, -0.05) is 30.3 Å². The van der Waals surface area contributed by atoms with Crippen molar-refractivity contribution in [1.29, 1.82) is 0 Å². The summed E-state index contributed by atoms with van der Waals surface area (Å²) in [6.07, 6.45) is 0.832. The van der Waals surface area contributed by atoms with Crippen molar-refractivity contribution in [2.24, 2.45) is 5.73 Å². The summed E-state index contributed by atoms with van der Waals surface area (Å²) in [4.78, 5) is 11.0. The van der Waals surface area contributed by atoms with Crippen LogP contribution in [0.5, 0.6) is 0 Å². The summed E-state index contributed by atoms with van der Waals surface area (Å²) in [5.74, 6) is 0.145. The first-order valence-corrected chi connectivity index (χ1v) is 5.63. The molecule has 3 heteroatoms. The molecule has 0 bridgehead atoms. The van der Waals surface area contributed by atoms with E-state index in [0.29, 0.717) is 6.54 Å². The molecular formula is C13H20N2O. The van der Waals surface area contributed by atoms with Gasteiger partial charge in [-0.15, -0.1) is 0 Å². The summed E-state index contributed by atoms with van der Waals surface area (Å²) < 4.78 is 0. The Kier molecular flexibility index (Phi) is 5.15. The molecule has 88 valence electrons. The molecular weight excluding hydrogens is 200 g/mol. The van der Waals surface area contributed by atoms with Crippen molar-refractivity contribution in [3.05, 3.63) is 35.9 Å². The van der Waals surface area contributed by atoms with Gasteiger partial charge >= 0.3 is 0 Å². The lowest BCUT2D eigenvalue weighted by Crippen LogP contribution is -2.42. The van der Waals surface area contributed by atoms with Gasteiger partial charge in [0.05, 0.1) is 6.04 Å². The molecule has 16 heavy (non-hydrogen) atoms. The topological polar surface area (TPSA) is 55.1 Å². The number of hydrogen-bond donors (Lipinski definition) is 2. The van der Waals surface area contributed by atoms with Gasteiger partial charge in [-0.05, 0) is 25.8 Å². The smallest absolute Gasteiger partial charge is 0.146 e. The summed E-state index contributed by atoms with van der Waals surface area (Å²) in [5.41, 5.74) is 7.21. The highest BCUT2D eigenvalue weighted by Gasteiger charge is 2.09. The van der Waals surface area contributed by atoms with Gasteiger partial charge < -0.3 is 11.1 Å². The highest BCUT2D eigenvalue weighted by atomic mass is 16.1. The normalized spacial score (nSPS) is 14.4. The standard InChI is InChI=1S/C13H20N2O/c1-10(11(2)16)15-9-13(14)8-12-6-4-3-5-7-12/h3-7,10,13,15H,8-9,14H2,1-2H3/t10-,13-/m0/s1. The minimum atomic E-state index is -0.109. The molecule has 0 saturated carbocycles. The zero-order valence-corrected chi connectivity index (χ0v) is 9.94. The van der Waals surface area contributed by atoms with Gasteiger partial charge in [0, 0.05) is 12.6 Å².